The van der Waals surface area contributed by atoms with E-state index in [0.29, 0.717) is 18.8 Å². The van der Waals surface area contributed by atoms with E-state index >= 15 is 0 Å². The zero-order valence-electron chi connectivity index (χ0n) is 25.0. The van der Waals surface area contributed by atoms with E-state index < -0.39 is 35.6 Å². The van der Waals surface area contributed by atoms with Crippen LogP contribution >= 0.6 is 0 Å². The molecule has 6 atom stereocenters. The predicted octanol–water partition coefficient (Wildman–Crippen LogP) is 3.94. The maximum atomic E-state index is 14.8. The van der Waals surface area contributed by atoms with E-state index in [1.807, 2.05) is 111 Å². The molecule has 0 radical (unpaired) electrons. The normalized spacial score (nSPS) is 28.7. The number of nitrogens with zero attached hydrogens (tertiary/aromatic N) is 3. The molecule has 2 saturated heterocycles. The lowest BCUT2D eigenvalue weighted by molar-refractivity contribution is -0.148. The Morgan fingerprint density at radius 1 is 0.886 bits per heavy atom. The molecule has 1 spiro atoms. The van der Waals surface area contributed by atoms with Crippen LogP contribution < -0.4 is 4.90 Å². The summed E-state index contributed by atoms with van der Waals surface area (Å²) < 4.78 is 6.80. The molecule has 7 rings (SSSR count). The monoisotopic (exact) mass is 591 g/mol. The fourth-order valence-corrected chi connectivity index (χ4v) is 7.63. The molecule has 8 heteroatoms. The van der Waals surface area contributed by atoms with Gasteiger partial charge in [-0.15, -0.1) is 0 Å². The fourth-order valence-electron chi connectivity index (χ4n) is 7.63. The van der Waals surface area contributed by atoms with Crippen LogP contribution in [-0.2, 0) is 25.7 Å². The number of aliphatic hydroxyl groups is 1. The topological polar surface area (TPSA) is 90.4 Å². The summed E-state index contributed by atoms with van der Waals surface area (Å²) in [5, 5.41) is 12.6. The van der Waals surface area contributed by atoms with Gasteiger partial charge >= 0.3 is 0 Å². The third-order valence-corrected chi connectivity index (χ3v) is 9.75. The van der Waals surface area contributed by atoms with Gasteiger partial charge in [0.2, 0.25) is 11.8 Å². The van der Waals surface area contributed by atoms with Gasteiger partial charge in [-0.1, -0.05) is 98.8 Å². The van der Waals surface area contributed by atoms with E-state index in [4.69, 9.17) is 4.74 Å². The van der Waals surface area contributed by atoms with Gasteiger partial charge in [-0.3, -0.25) is 14.4 Å². The molecule has 4 aliphatic rings. The number of amides is 3. The van der Waals surface area contributed by atoms with Crippen LogP contribution in [0.2, 0.25) is 0 Å². The van der Waals surface area contributed by atoms with Crippen LogP contribution in [-0.4, -0.2) is 76.1 Å². The predicted molar refractivity (Wildman–Crippen MR) is 167 cm³/mol. The summed E-state index contributed by atoms with van der Waals surface area (Å²) in [5.41, 5.74) is 0.357. The van der Waals surface area contributed by atoms with Crippen LogP contribution in [0.25, 0.3) is 10.8 Å². The molecular formula is C36H37N3O5. The van der Waals surface area contributed by atoms with E-state index in [9.17, 15) is 19.5 Å². The summed E-state index contributed by atoms with van der Waals surface area (Å²) in [7, 11) is 0. The van der Waals surface area contributed by atoms with Crippen molar-refractivity contribution in [2.75, 3.05) is 24.6 Å². The Hall–Kier alpha value is -4.27. The molecule has 8 nitrogen and oxygen atoms in total. The molecular weight excluding hydrogens is 554 g/mol. The first-order valence-electron chi connectivity index (χ1n) is 15.4. The van der Waals surface area contributed by atoms with Crippen molar-refractivity contribution < 1.29 is 24.2 Å². The molecule has 1 unspecified atom stereocenters. The van der Waals surface area contributed by atoms with Crippen LogP contribution in [0.3, 0.4) is 0 Å². The highest BCUT2D eigenvalue weighted by molar-refractivity contribution is 6.06. The summed E-state index contributed by atoms with van der Waals surface area (Å²) in [4.78, 5) is 48.7. The Kier molecular flexibility index (Phi) is 7.14. The smallest absolute Gasteiger partial charge is 0.253 e. The van der Waals surface area contributed by atoms with Crippen molar-refractivity contribution in [1.29, 1.82) is 0 Å². The number of hydrogen-bond acceptors (Lipinski definition) is 5. The lowest BCUT2D eigenvalue weighted by Gasteiger charge is -2.39. The summed E-state index contributed by atoms with van der Waals surface area (Å²) >= 11 is 0. The minimum atomic E-state index is -1.35. The maximum absolute atomic E-state index is 14.8. The first-order valence-corrected chi connectivity index (χ1v) is 15.4. The van der Waals surface area contributed by atoms with E-state index in [1.165, 1.54) is 0 Å². The largest absolute Gasteiger partial charge is 0.394 e. The number of carbonyl (C=O) groups excluding carboxylic acids is 3. The Balaban J connectivity index is 1.31. The third kappa shape index (κ3) is 4.39. The van der Waals surface area contributed by atoms with Gasteiger partial charge in [0.05, 0.1) is 30.6 Å². The lowest BCUT2D eigenvalue weighted by Crippen LogP contribution is -2.59. The molecule has 0 aliphatic carbocycles. The van der Waals surface area contributed by atoms with Gasteiger partial charge < -0.3 is 24.5 Å². The van der Waals surface area contributed by atoms with Gasteiger partial charge in [-0.05, 0) is 34.4 Å². The number of hydrogen-bond donors (Lipinski definition) is 1. The zero-order valence-corrected chi connectivity index (χ0v) is 25.0. The number of likely N-dealkylation sites (tertiary alicyclic amines) is 1. The minimum absolute atomic E-state index is 0.135. The van der Waals surface area contributed by atoms with Crippen LogP contribution in [0.1, 0.15) is 19.4 Å². The number of ether oxygens (including phenoxy) is 1. The van der Waals surface area contributed by atoms with Crippen molar-refractivity contribution in [3.05, 3.63) is 103 Å². The van der Waals surface area contributed by atoms with Gasteiger partial charge in [0, 0.05) is 25.3 Å². The molecule has 0 bridgehead atoms. The van der Waals surface area contributed by atoms with Crippen LogP contribution in [0.4, 0.5) is 5.69 Å². The minimum Gasteiger partial charge on any atom is -0.394 e. The van der Waals surface area contributed by atoms with E-state index in [-0.39, 0.29) is 36.8 Å². The quantitative estimate of drug-likeness (QED) is 0.439. The standard InChI is InChI=1S/C36H37N3O5/c1-23(2)28(22-40)39-32-35(43)38(27-16-15-25-12-6-7-13-26(25)20-27)19-9-17-36(32)31(34(39)42)30-29(44-36)14-8-18-37(33(30)41)21-24-10-4-3-5-11-24/h3-17,20,23,28-32,40H,18-19,21-22H2,1-2H3/t28-,29-,30+,31-,32?,36-/m0/s1. The SMILES string of the molecule is CC(C)[C@H](CO)N1C(=O)[C@@H]2[C@@H]3C(=O)N(Cc4ccccc4)CC=C[C@@H]3O[C@@]23C=CCN(c2ccc4ccccc4c2)C(=O)C13. The average Bonchev–Trinajstić information content (AvgIpc) is 3.35. The van der Waals surface area contributed by atoms with Gasteiger partial charge in [-0.2, -0.15) is 0 Å². The van der Waals surface area contributed by atoms with E-state index in [2.05, 4.69) is 0 Å². The van der Waals surface area contributed by atoms with Crippen molar-refractivity contribution in [3.8, 4) is 0 Å². The van der Waals surface area contributed by atoms with Crippen LogP contribution in [0, 0.1) is 17.8 Å². The molecule has 226 valence electrons. The Labute approximate surface area is 257 Å². The van der Waals surface area contributed by atoms with Crippen molar-refractivity contribution >= 4 is 34.2 Å². The second kappa shape index (κ2) is 11.0. The fraction of sp³-hybridized carbons (Fsp3) is 0.361. The molecule has 1 N–H and O–H groups in total. The van der Waals surface area contributed by atoms with Crippen molar-refractivity contribution in [3.63, 3.8) is 0 Å². The Morgan fingerprint density at radius 2 is 1.64 bits per heavy atom. The lowest BCUT2D eigenvalue weighted by atomic mass is 9.77. The van der Waals surface area contributed by atoms with Crippen molar-refractivity contribution in [1.82, 2.24) is 9.80 Å². The van der Waals surface area contributed by atoms with Crippen LogP contribution in [0.15, 0.2) is 97.1 Å². The first kappa shape index (κ1) is 28.5. The number of anilines is 1. The first-order chi connectivity index (χ1) is 21.3. The number of aliphatic hydroxyl groups excluding tert-OH is 1. The van der Waals surface area contributed by atoms with Gasteiger partial charge in [-0.25, -0.2) is 0 Å². The van der Waals surface area contributed by atoms with Gasteiger partial charge in [0.1, 0.15) is 11.6 Å². The van der Waals surface area contributed by atoms with Crippen molar-refractivity contribution in [2.45, 2.75) is 44.2 Å². The third-order valence-electron chi connectivity index (χ3n) is 9.75. The maximum Gasteiger partial charge on any atom is 0.253 e. The Bertz CT molecular complexity index is 1670. The number of rotatable bonds is 6. The second-order valence-corrected chi connectivity index (χ2v) is 12.6. The van der Waals surface area contributed by atoms with E-state index in [0.717, 1.165) is 16.3 Å². The molecule has 3 aromatic carbocycles. The molecule has 3 aromatic rings. The van der Waals surface area contributed by atoms with Gasteiger partial charge in [0.15, 0.2) is 0 Å². The number of fused-ring (bicyclic) bond motifs is 3. The van der Waals surface area contributed by atoms with Crippen molar-refractivity contribution in [2.24, 2.45) is 17.8 Å². The molecule has 44 heavy (non-hydrogen) atoms. The summed E-state index contributed by atoms with van der Waals surface area (Å²) in [6, 6.07) is 22.0. The zero-order chi connectivity index (χ0) is 30.6. The second-order valence-electron chi connectivity index (χ2n) is 12.6. The summed E-state index contributed by atoms with van der Waals surface area (Å²) in [5.74, 6) is -2.61. The highest BCUT2D eigenvalue weighted by Crippen LogP contribution is 2.54. The van der Waals surface area contributed by atoms with Crippen LogP contribution in [0.5, 0.6) is 0 Å². The number of benzene rings is 3. The highest BCUT2D eigenvalue weighted by atomic mass is 16.5. The average molecular weight is 592 g/mol. The Morgan fingerprint density at radius 3 is 2.39 bits per heavy atom. The summed E-state index contributed by atoms with van der Waals surface area (Å²) in [6.45, 7) is 4.65. The van der Waals surface area contributed by atoms with Gasteiger partial charge in [0.25, 0.3) is 5.91 Å². The molecule has 2 fully saturated rings. The molecule has 4 aliphatic heterocycles. The molecule has 0 aromatic heterocycles. The highest BCUT2D eigenvalue weighted by Gasteiger charge is 2.72. The molecule has 3 amide bonds. The van der Waals surface area contributed by atoms with E-state index in [1.54, 1.807) is 14.7 Å². The number of carbonyl (C=O) groups is 3. The summed E-state index contributed by atoms with van der Waals surface area (Å²) in [6.07, 6.45) is 6.89. The molecule has 4 heterocycles. The molecule has 0 saturated carbocycles.